The highest BCUT2D eigenvalue weighted by molar-refractivity contribution is 5.98. The third-order valence-electron chi connectivity index (χ3n) is 5.25. The normalized spacial score (nSPS) is 11.2. The molecule has 0 aliphatic rings. The average molecular weight is 462 g/mol. The maximum atomic E-state index is 13.1. The molecule has 0 saturated heterocycles. The SMILES string of the molecule is COc1ccc(C[C@H](NC(=O)CCc2ccccc2)C(=O)Nc2ccc(C(=O)NO)cc2)cc1. The lowest BCUT2D eigenvalue weighted by Gasteiger charge is -2.19. The lowest BCUT2D eigenvalue weighted by Crippen LogP contribution is -2.45. The fourth-order valence-corrected chi connectivity index (χ4v) is 3.37. The Labute approximate surface area is 197 Å². The van der Waals surface area contributed by atoms with E-state index in [1.54, 1.807) is 36.9 Å². The van der Waals surface area contributed by atoms with Gasteiger partial charge >= 0.3 is 0 Å². The van der Waals surface area contributed by atoms with Crippen molar-refractivity contribution < 1.29 is 24.3 Å². The molecule has 0 radical (unpaired) electrons. The minimum atomic E-state index is -0.808. The predicted octanol–water partition coefficient (Wildman–Crippen LogP) is 3.11. The molecule has 0 heterocycles. The fraction of sp³-hybridized carbons (Fsp3) is 0.192. The molecule has 4 N–H and O–H groups in total. The Hall–Kier alpha value is -4.17. The standard InChI is InChI=1S/C26H27N3O5/c1-34-22-14-7-19(8-15-22)17-23(28-24(30)16-9-18-5-3-2-4-6-18)26(32)27-21-12-10-20(11-13-21)25(31)29-33/h2-8,10-15,23,33H,9,16-17H2,1H3,(H,27,32)(H,28,30)(H,29,31)/t23-/m0/s1. The second kappa shape index (κ2) is 12.2. The first kappa shape index (κ1) is 24.5. The van der Waals surface area contributed by atoms with Crippen LogP contribution in [0.2, 0.25) is 0 Å². The number of aryl methyl sites for hydroxylation is 1. The van der Waals surface area contributed by atoms with Crippen molar-refractivity contribution in [1.82, 2.24) is 10.8 Å². The summed E-state index contributed by atoms with van der Waals surface area (Å²) in [6.07, 6.45) is 1.11. The zero-order valence-electron chi connectivity index (χ0n) is 18.8. The molecule has 1 atom stereocenters. The quantitative estimate of drug-likeness (QED) is 0.273. The molecule has 0 bridgehead atoms. The van der Waals surface area contributed by atoms with E-state index in [9.17, 15) is 14.4 Å². The Balaban J connectivity index is 1.69. The number of anilines is 1. The Kier molecular flexibility index (Phi) is 8.76. The molecular weight excluding hydrogens is 434 g/mol. The summed E-state index contributed by atoms with van der Waals surface area (Å²) >= 11 is 0. The average Bonchev–Trinajstić information content (AvgIpc) is 2.88. The second-order valence-electron chi connectivity index (χ2n) is 7.67. The van der Waals surface area contributed by atoms with E-state index in [1.807, 2.05) is 42.5 Å². The fourth-order valence-electron chi connectivity index (χ4n) is 3.37. The number of hydrogen-bond donors (Lipinski definition) is 4. The Morgan fingerprint density at radius 2 is 1.56 bits per heavy atom. The van der Waals surface area contributed by atoms with Gasteiger partial charge in [0.15, 0.2) is 0 Å². The molecule has 3 rings (SSSR count). The van der Waals surface area contributed by atoms with E-state index in [0.717, 1.165) is 11.1 Å². The van der Waals surface area contributed by atoms with Crippen LogP contribution in [0.25, 0.3) is 0 Å². The number of amides is 3. The van der Waals surface area contributed by atoms with Gasteiger partial charge in [0.1, 0.15) is 11.8 Å². The van der Waals surface area contributed by atoms with Gasteiger partial charge in [0.25, 0.3) is 5.91 Å². The smallest absolute Gasteiger partial charge is 0.274 e. The van der Waals surface area contributed by atoms with Crippen molar-refractivity contribution >= 4 is 23.4 Å². The summed E-state index contributed by atoms with van der Waals surface area (Å²) in [6.45, 7) is 0. The van der Waals surface area contributed by atoms with Gasteiger partial charge in [-0.25, -0.2) is 5.48 Å². The van der Waals surface area contributed by atoms with E-state index in [-0.39, 0.29) is 30.2 Å². The molecule has 8 nitrogen and oxygen atoms in total. The molecule has 0 unspecified atom stereocenters. The molecule has 0 aliphatic carbocycles. The maximum absolute atomic E-state index is 13.1. The van der Waals surface area contributed by atoms with Gasteiger partial charge in [0.05, 0.1) is 7.11 Å². The number of rotatable bonds is 10. The van der Waals surface area contributed by atoms with Crippen LogP contribution in [0.4, 0.5) is 5.69 Å². The minimum Gasteiger partial charge on any atom is -0.497 e. The van der Waals surface area contributed by atoms with Crippen molar-refractivity contribution in [3.05, 3.63) is 95.6 Å². The molecule has 0 saturated carbocycles. The molecule has 3 amide bonds. The summed E-state index contributed by atoms with van der Waals surface area (Å²) in [6, 6.07) is 22.2. The third-order valence-corrected chi connectivity index (χ3v) is 5.25. The van der Waals surface area contributed by atoms with Crippen LogP contribution < -0.4 is 20.9 Å². The monoisotopic (exact) mass is 461 g/mol. The highest BCUT2D eigenvalue weighted by Gasteiger charge is 2.22. The van der Waals surface area contributed by atoms with Gasteiger partial charge in [-0.2, -0.15) is 0 Å². The van der Waals surface area contributed by atoms with Crippen LogP contribution in [0, 0.1) is 0 Å². The summed E-state index contributed by atoms with van der Waals surface area (Å²) in [7, 11) is 1.58. The number of nitrogens with one attached hydrogen (secondary N) is 3. The van der Waals surface area contributed by atoms with E-state index in [4.69, 9.17) is 9.94 Å². The molecule has 0 aromatic heterocycles. The summed E-state index contributed by atoms with van der Waals surface area (Å²) in [5, 5.41) is 14.4. The molecule has 3 aromatic carbocycles. The molecule has 0 aliphatic heterocycles. The number of hydroxylamine groups is 1. The number of carbonyl (C=O) groups is 3. The lowest BCUT2D eigenvalue weighted by molar-refractivity contribution is -0.126. The van der Waals surface area contributed by atoms with Crippen molar-refractivity contribution in [1.29, 1.82) is 0 Å². The highest BCUT2D eigenvalue weighted by Crippen LogP contribution is 2.15. The van der Waals surface area contributed by atoms with Crippen molar-refractivity contribution in [2.75, 3.05) is 12.4 Å². The van der Waals surface area contributed by atoms with Gasteiger partial charge in [0.2, 0.25) is 11.8 Å². The van der Waals surface area contributed by atoms with E-state index in [1.165, 1.54) is 12.1 Å². The van der Waals surface area contributed by atoms with Crippen LogP contribution in [0.15, 0.2) is 78.9 Å². The third kappa shape index (κ3) is 7.18. The van der Waals surface area contributed by atoms with Gasteiger partial charge < -0.3 is 15.4 Å². The first-order valence-corrected chi connectivity index (χ1v) is 10.8. The summed E-state index contributed by atoms with van der Waals surface area (Å²) in [5.41, 5.74) is 4.16. The summed E-state index contributed by atoms with van der Waals surface area (Å²) < 4.78 is 5.18. The van der Waals surface area contributed by atoms with Gasteiger partial charge in [-0.3, -0.25) is 19.6 Å². The Bertz CT molecular complexity index is 1100. The van der Waals surface area contributed by atoms with Crippen molar-refractivity contribution in [2.45, 2.75) is 25.3 Å². The molecule has 34 heavy (non-hydrogen) atoms. The topological polar surface area (TPSA) is 117 Å². The molecular formula is C26H27N3O5. The number of hydrogen-bond acceptors (Lipinski definition) is 5. The highest BCUT2D eigenvalue weighted by atomic mass is 16.5. The zero-order chi connectivity index (χ0) is 24.3. The van der Waals surface area contributed by atoms with Gasteiger partial charge in [0, 0.05) is 24.1 Å². The van der Waals surface area contributed by atoms with Crippen LogP contribution in [0.1, 0.15) is 27.9 Å². The number of ether oxygens (including phenoxy) is 1. The lowest BCUT2D eigenvalue weighted by atomic mass is 10.0. The summed E-state index contributed by atoms with van der Waals surface area (Å²) in [5.74, 6) is -0.569. The number of carbonyl (C=O) groups excluding carboxylic acids is 3. The molecule has 0 spiro atoms. The molecule has 176 valence electrons. The van der Waals surface area contributed by atoms with Crippen molar-refractivity contribution in [3.63, 3.8) is 0 Å². The zero-order valence-corrected chi connectivity index (χ0v) is 18.8. The molecule has 3 aromatic rings. The maximum Gasteiger partial charge on any atom is 0.274 e. The minimum absolute atomic E-state index is 0.229. The van der Waals surface area contributed by atoms with Crippen LogP contribution in [0.3, 0.4) is 0 Å². The number of methoxy groups -OCH3 is 1. The van der Waals surface area contributed by atoms with Gasteiger partial charge in [-0.1, -0.05) is 42.5 Å². The van der Waals surface area contributed by atoms with Crippen LogP contribution in [-0.2, 0) is 22.4 Å². The molecule has 0 fully saturated rings. The Morgan fingerprint density at radius 1 is 0.882 bits per heavy atom. The van der Waals surface area contributed by atoms with Crippen molar-refractivity contribution in [3.8, 4) is 5.75 Å². The van der Waals surface area contributed by atoms with E-state index in [0.29, 0.717) is 17.9 Å². The van der Waals surface area contributed by atoms with Gasteiger partial charge in [-0.05, 0) is 53.9 Å². The first-order valence-electron chi connectivity index (χ1n) is 10.8. The van der Waals surface area contributed by atoms with E-state index in [2.05, 4.69) is 10.6 Å². The summed E-state index contributed by atoms with van der Waals surface area (Å²) in [4.78, 5) is 37.2. The van der Waals surface area contributed by atoms with Crippen LogP contribution in [-0.4, -0.2) is 36.1 Å². The second-order valence-corrected chi connectivity index (χ2v) is 7.67. The molecule has 8 heteroatoms. The van der Waals surface area contributed by atoms with E-state index < -0.39 is 11.9 Å². The predicted molar refractivity (Wildman–Crippen MR) is 128 cm³/mol. The number of benzene rings is 3. The Morgan fingerprint density at radius 3 is 2.18 bits per heavy atom. The van der Waals surface area contributed by atoms with Crippen LogP contribution in [0.5, 0.6) is 5.75 Å². The van der Waals surface area contributed by atoms with Gasteiger partial charge in [-0.15, -0.1) is 0 Å². The van der Waals surface area contributed by atoms with Crippen LogP contribution >= 0.6 is 0 Å². The van der Waals surface area contributed by atoms with E-state index >= 15 is 0 Å². The van der Waals surface area contributed by atoms with Crippen molar-refractivity contribution in [2.24, 2.45) is 0 Å². The first-order chi connectivity index (χ1) is 16.5. The largest absolute Gasteiger partial charge is 0.497 e.